The lowest BCUT2D eigenvalue weighted by Crippen LogP contribution is -2.53. The molecule has 10 heteroatoms. The molecule has 2 N–H and O–H groups in total. The van der Waals surface area contributed by atoms with Crippen molar-refractivity contribution >= 4 is 21.8 Å². The SMILES string of the molecule is CCC(C)[C@H](NC(=O)C1CCCN(S(=O)(=O)c2ccc(F)cc2)C1)C(=O)NCc1ccco1. The highest BCUT2D eigenvalue weighted by molar-refractivity contribution is 7.89. The second kappa shape index (κ2) is 10.9. The zero-order chi connectivity index (χ0) is 24.0. The van der Waals surface area contributed by atoms with E-state index in [9.17, 15) is 22.4 Å². The number of furan rings is 1. The van der Waals surface area contributed by atoms with Gasteiger partial charge >= 0.3 is 0 Å². The normalized spacial score (nSPS) is 18.9. The number of nitrogens with one attached hydrogen (secondary N) is 2. The molecule has 0 spiro atoms. The minimum absolute atomic E-state index is 0.00673. The summed E-state index contributed by atoms with van der Waals surface area (Å²) in [7, 11) is -3.85. The monoisotopic (exact) mass is 479 g/mol. The summed E-state index contributed by atoms with van der Waals surface area (Å²) in [5.41, 5.74) is 0. The van der Waals surface area contributed by atoms with Crippen LogP contribution in [-0.4, -0.2) is 43.7 Å². The maximum atomic E-state index is 13.2. The number of amides is 2. The summed E-state index contributed by atoms with van der Waals surface area (Å²) in [4.78, 5) is 25.8. The van der Waals surface area contributed by atoms with E-state index in [4.69, 9.17) is 4.42 Å². The van der Waals surface area contributed by atoms with E-state index in [1.54, 1.807) is 12.1 Å². The van der Waals surface area contributed by atoms with Gasteiger partial charge < -0.3 is 15.1 Å². The maximum absolute atomic E-state index is 13.2. The lowest BCUT2D eigenvalue weighted by Gasteiger charge is -2.32. The van der Waals surface area contributed by atoms with Crippen molar-refractivity contribution in [2.45, 2.75) is 50.6 Å². The Morgan fingerprint density at radius 3 is 2.61 bits per heavy atom. The van der Waals surface area contributed by atoms with Gasteiger partial charge in [0.1, 0.15) is 17.6 Å². The summed E-state index contributed by atoms with van der Waals surface area (Å²) in [5, 5.41) is 5.62. The molecular formula is C23H30FN3O5S. The van der Waals surface area contributed by atoms with Crippen molar-refractivity contribution in [1.29, 1.82) is 0 Å². The van der Waals surface area contributed by atoms with Gasteiger partial charge in [0.05, 0.1) is 23.6 Å². The first-order valence-corrected chi connectivity index (χ1v) is 12.5. The molecule has 1 saturated heterocycles. The maximum Gasteiger partial charge on any atom is 0.243 e. The fraction of sp³-hybridized carbons (Fsp3) is 0.478. The topological polar surface area (TPSA) is 109 Å². The van der Waals surface area contributed by atoms with E-state index in [-0.39, 0.29) is 42.3 Å². The molecule has 1 aromatic heterocycles. The van der Waals surface area contributed by atoms with E-state index in [0.717, 1.165) is 12.1 Å². The third-order valence-electron chi connectivity index (χ3n) is 6.02. The molecule has 3 rings (SSSR count). The second-order valence-electron chi connectivity index (χ2n) is 8.33. The number of nitrogens with zero attached hydrogens (tertiary/aromatic N) is 1. The van der Waals surface area contributed by atoms with Crippen LogP contribution >= 0.6 is 0 Å². The Labute approximate surface area is 193 Å². The summed E-state index contributed by atoms with van der Waals surface area (Å²) in [6.45, 7) is 4.31. The first kappa shape index (κ1) is 24.9. The van der Waals surface area contributed by atoms with Gasteiger partial charge in [-0.2, -0.15) is 4.31 Å². The Morgan fingerprint density at radius 1 is 1.24 bits per heavy atom. The zero-order valence-electron chi connectivity index (χ0n) is 18.8. The van der Waals surface area contributed by atoms with Gasteiger partial charge in [-0.3, -0.25) is 9.59 Å². The Balaban J connectivity index is 1.66. The van der Waals surface area contributed by atoms with Crippen LogP contribution in [0, 0.1) is 17.7 Å². The minimum atomic E-state index is -3.85. The third kappa shape index (κ3) is 6.20. The molecule has 2 heterocycles. The van der Waals surface area contributed by atoms with Crippen LogP contribution in [0.3, 0.4) is 0 Å². The molecule has 2 aromatic rings. The molecule has 3 atom stereocenters. The number of benzene rings is 1. The predicted octanol–water partition coefficient (Wildman–Crippen LogP) is 2.67. The standard InChI is InChI=1S/C23H30FN3O5S/c1-3-16(2)21(23(29)25-14-19-7-5-13-32-19)26-22(28)17-6-4-12-27(15-17)33(30,31)20-10-8-18(24)9-11-20/h5,7-11,13,16-17,21H,3-4,6,12,14-15H2,1-2H3,(H,25,29)(H,26,28)/t16?,17?,21-/m0/s1. The van der Waals surface area contributed by atoms with Gasteiger partial charge in [-0.1, -0.05) is 20.3 Å². The summed E-state index contributed by atoms with van der Waals surface area (Å²) in [5.74, 6) is -1.29. The molecule has 0 aliphatic carbocycles. The van der Waals surface area contributed by atoms with Crippen LogP contribution in [-0.2, 0) is 26.2 Å². The molecule has 1 aliphatic rings. The largest absolute Gasteiger partial charge is 0.467 e. The molecule has 2 amide bonds. The van der Waals surface area contributed by atoms with Crippen LogP contribution in [0.25, 0.3) is 0 Å². The van der Waals surface area contributed by atoms with E-state index >= 15 is 0 Å². The van der Waals surface area contributed by atoms with Crippen LogP contribution < -0.4 is 10.6 Å². The van der Waals surface area contributed by atoms with Gasteiger partial charge in [-0.15, -0.1) is 0 Å². The number of hydrogen-bond acceptors (Lipinski definition) is 5. The number of rotatable bonds is 9. The van der Waals surface area contributed by atoms with Crippen molar-refractivity contribution in [3.63, 3.8) is 0 Å². The molecule has 8 nitrogen and oxygen atoms in total. The predicted molar refractivity (Wildman–Crippen MR) is 120 cm³/mol. The molecule has 1 aromatic carbocycles. The summed E-state index contributed by atoms with van der Waals surface area (Å²) in [6.07, 6.45) is 3.22. The van der Waals surface area contributed by atoms with Gasteiger partial charge in [0.25, 0.3) is 0 Å². The molecule has 1 aliphatic heterocycles. The Kier molecular flexibility index (Phi) is 8.25. The highest BCUT2D eigenvalue weighted by atomic mass is 32.2. The van der Waals surface area contributed by atoms with Crippen LogP contribution in [0.15, 0.2) is 52.0 Å². The third-order valence-corrected chi connectivity index (χ3v) is 7.90. The average Bonchev–Trinajstić information content (AvgIpc) is 3.34. The van der Waals surface area contributed by atoms with E-state index in [2.05, 4.69) is 10.6 Å². The Hall–Kier alpha value is -2.72. The van der Waals surface area contributed by atoms with Crippen molar-refractivity contribution in [2.24, 2.45) is 11.8 Å². The van der Waals surface area contributed by atoms with Crippen LogP contribution in [0.1, 0.15) is 38.9 Å². The van der Waals surface area contributed by atoms with Crippen molar-refractivity contribution in [3.05, 3.63) is 54.2 Å². The molecule has 0 radical (unpaired) electrons. The first-order chi connectivity index (χ1) is 15.7. The molecule has 1 fully saturated rings. The van der Waals surface area contributed by atoms with E-state index in [0.29, 0.717) is 25.0 Å². The van der Waals surface area contributed by atoms with E-state index < -0.39 is 27.8 Å². The molecule has 180 valence electrons. The zero-order valence-corrected chi connectivity index (χ0v) is 19.6. The Bertz CT molecular complexity index is 1040. The fourth-order valence-electron chi connectivity index (χ4n) is 3.80. The van der Waals surface area contributed by atoms with Crippen molar-refractivity contribution in [2.75, 3.05) is 13.1 Å². The quantitative estimate of drug-likeness (QED) is 0.575. The number of sulfonamides is 1. The summed E-state index contributed by atoms with van der Waals surface area (Å²) in [6, 6.07) is 7.35. The summed E-state index contributed by atoms with van der Waals surface area (Å²) >= 11 is 0. The van der Waals surface area contributed by atoms with E-state index in [1.807, 2.05) is 13.8 Å². The molecule has 33 heavy (non-hydrogen) atoms. The van der Waals surface area contributed by atoms with Crippen LogP contribution in [0.5, 0.6) is 0 Å². The smallest absolute Gasteiger partial charge is 0.243 e. The molecule has 2 unspecified atom stereocenters. The summed E-state index contributed by atoms with van der Waals surface area (Å²) < 4.78 is 45.6. The number of halogens is 1. The highest BCUT2D eigenvalue weighted by Crippen LogP contribution is 2.24. The number of carbonyl (C=O) groups excluding carboxylic acids is 2. The number of piperidine rings is 1. The van der Waals surface area contributed by atoms with Crippen molar-refractivity contribution in [1.82, 2.24) is 14.9 Å². The minimum Gasteiger partial charge on any atom is -0.467 e. The van der Waals surface area contributed by atoms with Gasteiger partial charge in [0.2, 0.25) is 21.8 Å². The van der Waals surface area contributed by atoms with Gasteiger partial charge in [-0.25, -0.2) is 12.8 Å². The first-order valence-electron chi connectivity index (χ1n) is 11.1. The molecular weight excluding hydrogens is 449 g/mol. The number of carbonyl (C=O) groups is 2. The molecule has 0 saturated carbocycles. The molecule has 0 bridgehead atoms. The highest BCUT2D eigenvalue weighted by Gasteiger charge is 2.35. The van der Waals surface area contributed by atoms with Crippen LogP contribution in [0.4, 0.5) is 4.39 Å². The van der Waals surface area contributed by atoms with Crippen molar-refractivity contribution in [3.8, 4) is 0 Å². The van der Waals surface area contributed by atoms with Gasteiger partial charge in [-0.05, 0) is 55.2 Å². The van der Waals surface area contributed by atoms with Gasteiger partial charge in [0.15, 0.2) is 0 Å². The lowest BCUT2D eigenvalue weighted by molar-refractivity contribution is -0.133. The number of hydrogen-bond donors (Lipinski definition) is 2. The average molecular weight is 480 g/mol. The lowest BCUT2D eigenvalue weighted by atomic mass is 9.95. The Morgan fingerprint density at radius 2 is 1.97 bits per heavy atom. The van der Waals surface area contributed by atoms with Crippen LogP contribution in [0.2, 0.25) is 0 Å². The van der Waals surface area contributed by atoms with Crippen molar-refractivity contribution < 1.29 is 26.8 Å². The van der Waals surface area contributed by atoms with E-state index in [1.165, 1.54) is 22.7 Å². The van der Waals surface area contributed by atoms with Gasteiger partial charge in [0, 0.05) is 13.1 Å². The fourth-order valence-corrected chi connectivity index (χ4v) is 5.32. The second-order valence-corrected chi connectivity index (χ2v) is 10.3.